The summed E-state index contributed by atoms with van der Waals surface area (Å²) in [6, 6.07) is 10.9. The molecule has 2 unspecified atom stereocenters. The third-order valence-corrected chi connectivity index (χ3v) is 4.52. The first kappa shape index (κ1) is 16.2. The molecule has 0 radical (unpaired) electrons. The molecule has 1 aromatic carbocycles. The fourth-order valence-electron chi connectivity index (χ4n) is 2.26. The van der Waals surface area contributed by atoms with Crippen molar-refractivity contribution < 1.29 is 5.11 Å². The molecule has 114 valence electrons. The summed E-state index contributed by atoms with van der Waals surface area (Å²) in [5.41, 5.74) is 3.77. The van der Waals surface area contributed by atoms with Gasteiger partial charge in [-0.1, -0.05) is 45.0 Å². The van der Waals surface area contributed by atoms with E-state index in [0.717, 1.165) is 5.56 Å². The fourth-order valence-corrected chi connectivity index (χ4v) is 2.97. The summed E-state index contributed by atoms with van der Waals surface area (Å²) in [5, 5.41) is 17.5. The topological polar surface area (TPSA) is 32.3 Å². The van der Waals surface area contributed by atoms with Crippen molar-refractivity contribution in [2.24, 2.45) is 0 Å². The Labute approximate surface area is 131 Å². The summed E-state index contributed by atoms with van der Waals surface area (Å²) in [5.74, 6) is 0. The van der Waals surface area contributed by atoms with Crippen LogP contribution in [0.1, 0.15) is 56.5 Å². The Hall–Kier alpha value is -1.16. The minimum absolute atomic E-state index is 0.185. The average Bonchev–Trinajstić information content (AvgIpc) is 2.98. The molecule has 2 nitrogen and oxygen atoms in total. The van der Waals surface area contributed by atoms with E-state index in [1.807, 2.05) is 16.8 Å². The predicted molar refractivity (Wildman–Crippen MR) is 90.8 cm³/mol. The van der Waals surface area contributed by atoms with Crippen LogP contribution in [0.4, 0.5) is 0 Å². The van der Waals surface area contributed by atoms with Crippen molar-refractivity contribution in [3.05, 3.63) is 57.8 Å². The molecule has 2 rings (SSSR count). The average molecular weight is 303 g/mol. The van der Waals surface area contributed by atoms with Crippen LogP contribution < -0.4 is 5.32 Å². The van der Waals surface area contributed by atoms with E-state index in [4.69, 9.17) is 0 Å². The van der Waals surface area contributed by atoms with Crippen LogP contribution in [0.2, 0.25) is 0 Å². The van der Waals surface area contributed by atoms with Crippen molar-refractivity contribution in [3.8, 4) is 0 Å². The van der Waals surface area contributed by atoms with Crippen LogP contribution in [-0.2, 0) is 5.41 Å². The summed E-state index contributed by atoms with van der Waals surface area (Å²) in [7, 11) is 0. The molecule has 0 aliphatic carbocycles. The summed E-state index contributed by atoms with van der Waals surface area (Å²) >= 11 is 1.61. The third kappa shape index (κ3) is 4.40. The minimum Gasteiger partial charge on any atom is -0.387 e. The molecule has 0 bridgehead atoms. The number of aliphatic hydroxyl groups is 1. The number of rotatable bonds is 5. The second-order valence-electron chi connectivity index (χ2n) is 6.57. The van der Waals surface area contributed by atoms with E-state index in [2.05, 4.69) is 57.3 Å². The second-order valence-corrected chi connectivity index (χ2v) is 7.35. The number of aliphatic hydroxyl groups excluding tert-OH is 1. The molecule has 1 aromatic heterocycles. The van der Waals surface area contributed by atoms with Crippen LogP contribution in [-0.4, -0.2) is 11.7 Å². The largest absolute Gasteiger partial charge is 0.387 e. The molecule has 0 aliphatic rings. The van der Waals surface area contributed by atoms with Crippen molar-refractivity contribution in [2.45, 2.75) is 45.3 Å². The first-order valence-corrected chi connectivity index (χ1v) is 8.36. The molecule has 21 heavy (non-hydrogen) atoms. The first-order valence-electron chi connectivity index (χ1n) is 7.42. The van der Waals surface area contributed by atoms with Gasteiger partial charge in [0.25, 0.3) is 0 Å². The van der Waals surface area contributed by atoms with Gasteiger partial charge < -0.3 is 10.4 Å². The Morgan fingerprint density at radius 1 is 1.10 bits per heavy atom. The summed E-state index contributed by atoms with van der Waals surface area (Å²) in [6.45, 7) is 9.37. The van der Waals surface area contributed by atoms with Gasteiger partial charge in [-0.25, -0.2) is 0 Å². The molecular formula is C18H25NOS. The highest BCUT2D eigenvalue weighted by Crippen LogP contribution is 2.24. The van der Waals surface area contributed by atoms with Crippen LogP contribution in [0.25, 0.3) is 0 Å². The van der Waals surface area contributed by atoms with Crippen molar-refractivity contribution in [1.82, 2.24) is 5.32 Å². The molecule has 2 N–H and O–H groups in total. The van der Waals surface area contributed by atoms with Gasteiger partial charge in [-0.05, 0) is 45.9 Å². The lowest BCUT2D eigenvalue weighted by Gasteiger charge is -2.21. The number of hydrogen-bond donors (Lipinski definition) is 2. The van der Waals surface area contributed by atoms with Gasteiger partial charge in [-0.3, -0.25) is 0 Å². The zero-order valence-corrected chi connectivity index (χ0v) is 14.1. The predicted octanol–water partition coefficient (Wildman–Crippen LogP) is 4.43. The molecule has 0 fully saturated rings. The smallest absolute Gasteiger partial charge is 0.0922 e. The Bertz CT molecular complexity index is 540. The third-order valence-electron chi connectivity index (χ3n) is 3.82. The van der Waals surface area contributed by atoms with Gasteiger partial charge in [0.2, 0.25) is 0 Å². The number of hydrogen-bond acceptors (Lipinski definition) is 3. The molecule has 3 heteroatoms. The van der Waals surface area contributed by atoms with Crippen LogP contribution in [0.3, 0.4) is 0 Å². The standard InChI is InChI=1S/C18H25NOS/c1-13(19-11-17(20)15-9-10-21-12-15)14-5-7-16(8-6-14)18(2,3)4/h5-10,12-13,17,19-20H,11H2,1-4H3. The van der Waals surface area contributed by atoms with E-state index >= 15 is 0 Å². The Morgan fingerprint density at radius 3 is 2.29 bits per heavy atom. The quantitative estimate of drug-likeness (QED) is 0.856. The van der Waals surface area contributed by atoms with E-state index in [-0.39, 0.29) is 11.5 Å². The lowest BCUT2D eigenvalue weighted by atomic mass is 9.86. The maximum atomic E-state index is 10.1. The van der Waals surface area contributed by atoms with Gasteiger partial charge in [0, 0.05) is 12.6 Å². The van der Waals surface area contributed by atoms with E-state index < -0.39 is 6.10 Å². The zero-order valence-electron chi connectivity index (χ0n) is 13.3. The van der Waals surface area contributed by atoms with Gasteiger partial charge in [-0.15, -0.1) is 0 Å². The number of benzene rings is 1. The van der Waals surface area contributed by atoms with Crippen molar-refractivity contribution >= 4 is 11.3 Å². The summed E-state index contributed by atoms with van der Waals surface area (Å²) in [4.78, 5) is 0. The van der Waals surface area contributed by atoms with Crippen molar-refractivity contribution in [1.29, 1.82) is 0 Å². The second kappa shape index (κ2) is 6.73. The van der Waals surface area contributed by atoms with Gasteiger partial charge in [0.1, 0.15) is 0 Å². The normalized spacial score (nSPS) is 14.9. The molecule has 0 spiro atoms. The highest BCUT2D eigenvalue weighted by molar-refractivity contribution is 7.07. The highest BCUT2D eigenvalue weighted by atomic mass is 32.1. The maximum Gasteiger partial charge on any atom is 0.0922 e. The SMILES string of the molecule is CC(NCC(O)c1ccsc1)c1ccc(C(C)(C)C)cc1. The molecule has 1 heterocycles. The molecule has 2 aromatic rings. The monoisotopic (exact) mass is 303 g/mol. The van der Waals surface area contributed by atoms with Gasteiger partial charge in [-0.2, -0.15) is 11.3 Å². The summed E-state index contributed by atoms with van der Waals surface area (Å²) < 4.78 is 0. The van der Waals surface area contributed by atoms with E-state index in [1.165, 1.54) is 11.1 Å². The molecule has 0 saturated heterocycles. The van der Waals surface area contributed by atoms with Crippen molar-refractivity contribution in [3.63, 3.8) is 0 Å². The number of nitrogens with one attached hydrogen (secondary N) is 1. The van der Waals surface area contributed by atoms with Crippen LogP contribution in [0, 0.1) is 0 Å². The fraction of sp³-hybridized carbons (Fsp3) is 0.444. The number of thiophene rings is 1. The Balaban J connectivity index is 1.93. The van der Waals surface area contributed by atoms with E-state index in [0.29, 0.717) is 6.54 Å². The van der Waals surface area contributed by atoms with E-state index in [1.54, 1.807) is 11.3 Å². The van der Waals surface area contributed by atoms with Gasteiger partial charge in [0.15, 0.2) is 0 Å². The molecular weight excluding hydrogens is 278 g/mol. The first-order chi connectivity index (χ1) is 9.88. The van der Waals surface area contributed by atoms with Crippen LogP contribution in [0.5, 0.6) is 0 Å². The van der Waals surface area contributed by atoms with Gasteiger partial charge in [0.05, 0.1) is 6.10 Å². The van der Waals surface area contributed by atoms with Crippen LogP contribution >= 0.6 is 11.3 Å². The lowest BCUT2D eigenvalue weighted by Crippen LogP contribution is -2.24. The molecule has 2 atom stereocenters. The Morgan fingerprint density at radius 2 is 1.76 bits per heavy atom. The minimum atomic E-state index is -0.437. The lowest BCUT2D eigenvalue weighted by molar-refractivity contribution is 0.171. The van der Waals surface area contributed by atoms with Crippen LogP contribution in [0.15, 0.2) is 41.1 Å². The molecule has 0 amide bonds. The summed E-state index contributed by atoms with van der Waals surface area (Å²) in [6.07, 6.45) is -0.437. The van der Waals surface area contributed by atoms with Gasteiger partial charge >= 0.3 is 0 Å². The molecule has 0 saturated carbocycles. The maximum absolute atomic E-state index is 10.1. The van der Waals surface area contributed by atoms with Crippen molar-refractivity contribution in [2.75, 3.05) is 6.54 Å². The zero-order chi connectivity index (χ0) is 15.5. The Kier molecular flexibility index (Phi) is 5.20. The van der Waals surface area contributed by atoms with E-state index in [9.17, 15) is 5.11 Å². The molecule has 0 aliphatic heterocycles. The highest BCUT2D eigenvalue weighted by Gasteiger charge is 2.15.